The van der Waals surface area contributed by atoms with Crippen molar-refractivity contribution in [2.75, 3.05) is 12.1 Å². The molecule has 0 atom stereocenters. The van der Waals surface area contributed by atoms with Crippen LogP contribution in [0.1, 0.15) is 4.88 Å². The van der Waals surface area contributed by atoms with E-state index in [1.54, 1.807) is 17.7 Å². The minimum absolute atomic E-state index is 0.251. The fourth-order valence-corrected chi connectivity index (χ4v) is 4.35. The Labute approximate surface area is 164 Å². The summed E-state index contributed by atoms with van der Waals surface area (Å²) in [5.41, 5.74) is 3.09. The van der Waals surface area contributed by atoms with Gasteiger partial charge in [-0.15, -0.1) is 11.3 Å². The average molecular weight is 396 g/mol. The molecule has 0 aliphatic carbocycles. The Hall–Kier alpha value is -2.83. The summed E-state index contributed by atoms with van der Waals surface area (Å²) in [6.07, 6.45) is 1.58. The number of thiophene rings is 1. The second-order valence-corrected chi connectivity index (χ2v) is 7.78. The van der Waals surface area contributed by atoms with Crippen LogP contribution >= 0.6 is 22.9 Å². The van der Waals surface area contributed by atoms with E-state index in [9.17, 15) is 0 Å². The summed E-state index contributed by atoms with van der Waals surface area (Å²) in [5, 5.41) is 5.12. The first-order valence-electron chi connectivity index (χ1n) is 8.36. The van der Waals surface area contributed by atoms with Crippen LogP contribution in [-0.4, -0.2) is 16.8 Å². The van der Waals surface area contributed by atoms with Crippen LogP contribution in [-0.2, 0) is 0 Å². The van der Waals surface area contributed by atoms with Crippen molar-refractivity contribution in [1.82, 2.24) is 9.97 Å². The highest BCUT2D eigenvalue weighted by Gasteiger charge is 2.18. The maximum absolute atomic E-state index is 6.06. The lowest BCUT2D eigenvalue weighted by Crippen LogP contribution is -1.96. The van der Waals surface area contributed by atoms with Gasteiger partial charge in [-0.1, -0.05) is 23.7 Å². The third-order valence-corrected chi connectivity index (χ3v) is 5.70. The number of aryl methyl sites for hydroxylation is 1. The number of hydrogen-bond acceptors (Lipinski definition) is 6. The summed E-state index contributed by atoms with van der Waals surface area (Å²) < 4.78 is 10.8. The maximum atomic E-state index is 6.06. The highest BCUT2D eigenvalue weighted by atomic mass is 35.5. The highest BCUT2D eigenvalue weighted by molar-refractivity contribution is 7.19. The van der Waals surface area contributed by atoms with Crippen LogP contribution in [0.3, 0.4) is 0 Å². The number of nitrogens with one attached hydrogen (secondary N) is 1. The van der Waals surface area contributed by atoms with Gasteiger partial charge in [0.25, 0.3) is 0 Å². The molecule has 1 aliphatic heterocycles. The van der Waals surface area contributed by atoms with Crippen LogP contribution in [0.4, 0.5) is 11.5 Å². The summed E-state index contributed by atoms with van der Waals surface area (Å²) in [4.78, 5) is 11.1. The van der Waals surface area contributed by atoms with Crippen molar-refractivity contribution in [3.8, 4) is 22.6 Å². The largest absolute Gasteiger partial charge is 0.454 e. The summed E-state index contributed by atoms with van der Waals surface area (Å²) >= 11 is 7.71. The van der Waals surface area contributed by atoms with Crippen LogP contribution in [0, 0.1) is 6.92 Å². The summed E-state index contributed by atoms with van der Waals surface area (Å²) in [6.45, 7) is 2.35. The van der Waals surface area contributed by atoms with Gasteiger partial charge in [0.2, 0.25) is 6.79 Å². The van der Waals surface area contributed by atoms with Crippen molar-refractivity contribution in [3.63, 3.8) is 0 Å². The SMILES string of the molecule is Cc1sc2ncnc(Nc3ccc4c(c3)OCO4)c2c1-c1ccc(Cl)cc1. The lowest BCUT2D eigenvalue weighted by atomic mass is 10.0. The number of benzene rings is 2. The Balaban J connectivity index is 1.63. The molecule has 2 aromatic heterocycles. The molecule has 134 valence electrons. The lowest BCUT2D eigenvalue weighted by Gasteiger charge is -2.10. The van der Waals surface area contributed by atoms with E-state index in [4.69, 9.17) is 21.1 Å². The van der Waals surface area contributed by atoms with Crippen molar-refractivity contribution in [2.45, 2.75) is 6.92 Å². The van der Waals surface area contributed by atoms with Crippen molar-refractivity contribution >= 4 is 44.7 Å². The highest BCUT2D eigenvalue weighted by Crippen LogP contribution is 2.42. The van der Waals surface area contributed by atoms with Crippen molar-refractivity contribution < 1.29 is 9.47 Å². The molecular weight excluding hydrogens is 382 g/mol. The van der Waals surface area contributed by atoms with E-state index in [1.807, 2.05) is 42.5 Å². The third-order valence-electron chi connectivity index (χ3n) is 4.43. The normalized spacial score (nSPS) is 12.5. The van der Waals surface area contributed by atoms with Gasteiger partial charge >= 0.3 is 0 Å². The number of halogens is 1. The van der Waals surface area contributed by atoms with Gasteiger partial charge in [-0.25, -0.2) is 9.97 Å². The lowest BCUT2D eigenvalue weighted by molar-refractivity contribution is 0.174. The molecule has 3 heterocycles. The monoisotopic (exact) mass is 395 g/mol. The second kappa shape index (κ2) is 6.40. The minimum atomic E-state index is 0.251. The van der Waals surface area contributed by atoms with E-state index in [1.165, 1.54) is 4.88 Å². The number of nitrogens with zero attached hydrogens (tertiary/aromatic N) is 2. The molecule has 0 fully saturated rings. The van der Waals surface area contributed by atoms with Crippen molar-refractivity contribution in [1.29, 1.82) is 0 Å². The van der Waals surface area contributed by atoms with Crippen LogP contribution < -0.4 is 14.8 Å². The maximum Gasteiger partial charge on any atom is 0.231 e. The van der Waals surface area contributed by atoms with E-state index in [0.717, 1.165) is 44.3 Å². The van der Waals surface area contributed by atoms with Gasteiger partial charge in [-0.2, -0.15) is 0 Å². The second-order valence-electron chi connectivity index (χ2n) is 6.14. The van der Waals surface area contributed by atoms with Crippen LogP contribution in [0.25, 0.3) is 21.3 Å². The van der Waals surface area contributed by atoms with E-state index in [-0.39, 0.29) is 6.79 Å². The van der Waals surface area contributed by atoms with Gasteiger partial charge in [-0.05, 0) is 36.8 Å². The van der Waals surface area contributed by atoms with Gasteiger partial charge in [0.05, 0.1) is 5.39 Å². The zero-order valence-corrected chi connectivity index (χ0v) is 15.9. The smallest absolute Gasteiger partial charge is 0.231 e. The predicted molar refractivity (Wildman–Crippen MR) is 108 cm³/mol. The van der Waals surface area contributed by atoms with E-state index < -0.39 is 0 Å². The molecule has 1 aliphatic rings. The molecule has 5 nitrogen and oxygen atoms in total. The van der Waals surface area contributed by atoms with Crippen LogP contribution in [0.15, 0.2) is 48.8 Å². The summed E-state index contributed by atoms with van der Waals surface area (Å²) in [6, 6.07) is 13.6. The van der Waals surface area contributed by atoms with Crippen LogP contribution in [0.2, 0.25) is 5.02 Å². The van der Waals surface area contributed by atoms with E-state index in [0.29, 0.717) is 5.02 Å². The predicted octanol–water partition coefficient (Wildman–Crippen LogP) is 5.79. The molecule has 0 saturated carbocycles. The standard InChI is InChI=1S/C20H14ClN3O2S/c1-11-17(12-2-4-13(21)5-3-12)18-19(22-9-23-20(18)27-11)24-14-6-7-15-16(8-14)26-10-25-15/h2-9H,10H2,1H3,(H,22,23,24). The van der Waals surface area contributed by atoms with Gasteiger partial charge in [0.1, 0.15) is 17.0 Å². The van der Waals surface area contributed by atoms with Crippen LogP contribution in [0.5, 0.6) is 11.5 Å². The quantitative estimate of drug-likeness (QED) is 0.475. The Morgan fingerprint density at radius 2 is 1.85 bits per heavy atom. The Morgan fingerprint density at radius 3 is 2.70 bits per heavy atom. The molecule has 0 saturated heterocycles. The molecule has 27 heavy (non-hydrogen) atoms. The number of ether oxygens (including phenoxy) is 2. The molecule has 0 unspecified atom stereocenters. The van der Waals surface area contributed by atoms with E-state index in [2.05, 4.69) is 22.2 Å². The zero-order valence-electron chi connectivity index (χ0n) is 14.3. The molecule has 5 rings (SSSR count). The number of hydrogen-bond donors (Lipinski definition) is 1. The van der Waals surface area contributed by atoms with Crippen molar-refractivity contribution in [3.05, 3.63) is 58.7 Å². The number of anilines is 2. The molecule has 1 N–H and O–H groups in total. The molecule has 7 heteroatoms. The molecule has 0 amide bonds. The molecule has 0 radical (unpaired) electrons. The Bertz CT molecular complexity index is 1160. The number of rotatable bonds is 3. The number of aromatic nitrogens is 2. The first kappa shape index (κ1) is 16.4. The Morgan fingerprint density at radius 1 is 1.04 bits per heavy atom. The molecule has 2 aromatic carbocycles. The number of fused-ring (bicyclic) bond motifs is 2. The molecule has 0 bridgehead atoms. The average Bonchev–Trinajstić information content (AvgIpc) is 3.26. The fourth-order valence-electron chi connectivity index (χ4n) is 3.21. The van der Waals surface area contributed by atoms with E-state index >= 15 is 0 Å². The summed E-state index contributed by atoms with van der Waals surface area (Å²) in [5.74, 6) is 2.24. The fraction of sp³-hybridized carbons (Fsp3) is 0.100. The van der Waals surface area contributed by atoms with Gasteiger partial charge in [-0.3, -0.25) is 0 Å². The van der Waals surface area contributed by atoms with Gasteiger partial charge in [0.15, 0.2) is 11.5 Å². The topological polar surface area (TPSA) is 56.3 Å². The summed E-state index contributed by atoms with van der Waals surface area (Å²) in [7, 11) is 0. The van der Waals surface area contributed by atoms with Gasteiger partial charge < -0.3 is 14.8 Å². The first-order chi connectivity index (χ1) is 13.2. The Kier molecular flexibility index (Phi) is 3.88. The molecule has 0 spiro atoms. The molecular formula is C20H14ClN3O2S. The molecule has 4 aromatic rings. The first-order valence-corrected chi connectivity index (χ1v) is 9.55. The minimum Gasteiger partial charge on any atom is -0.454 e. The van der Waals surface area contributed by atoms with Crippen molar-refractivity contribution in [2.24, 2.45) is 0 Å². The third kappa shape index (κ3) is 2.87. The zero-order chi connectivity index (χ0) is 18.4. The van der Waals surface area contributed by atoms with Gasteiger partial charge in [0, 0.05) is 27.2 Å².